The molecule has 0 saturated carbocycles. The number of hydrogen-bond acceptors (Lipinski definition) is 2. The van der Waals surface area contributed by atoms with Crippen molar-refractivity contribution >= 4 is 17.3 Å². The van der Waals surface area contributed by atoms with Gasteiger partial charge in [0.15, 0.2) is 23.3 Å². The van der Waals surface area contributed by atoms with Crippen LogP contribution in [0.1, 0.15) is 10.4 Å². The van der Waals surface area contributed by atoms with Gasteiger partial charge in [-0.3, -0.25) is 0 Å². The second kappa shape index (κ2) is 5.43. The van der Waals surface area contributed by atoms with Gasteiger partial charge in [0.05, 0.1) is 5.69 Å². The minimum absolute atomic E-state index is 0.282. The van der Waals surface area contributed by atoms with E-state index in [0.717, 1.165) is 4.90 Å². The summed E-state index contributed by atoms with van der Waals surface area (Å²) in [6.45, 7) is 0. The fourth-order valence-corrected chi connectivity index (χ4v) is 1.91. The summed E-state index contributed by atoms with van der Waals surface area (Å²) in [5.74, 6) is -9.83. The van der Waals surface area contributed by atoms with Crippen molar-refractivity contribution in [2.75, 3.05) is 11.9 Å². The molecule has 0 amide bonds. The Morgan fingerprint density at radius 1 is 0.952 bits per heavy atom. The van der Waals surface area contributed by atoms with Crippen molar-refractivity contribution < 1.29 is 27.5 Å². The molecule has 0 radical (unpaired) electrons. The van der Waals surface area contributed by atoms with Gasteiger partial charge >= 0.3 is 5.97 Å². The Morgan fingerprint density at radius 2 is 1.48 bits per heavy atom. The van der Waals surface area contributed by atoms with Gasteiger partial charge < -0.3 is 10.0 Å². The van der Waals surface area contributed by atoms with E-state index in [-0.39, 0.29) is 5.69 Å². The molecule has 0 fully saturated rings. The zero-order chi connectivity index (χ0) is 15.7. The molecule has 1 N–H and O–H groups in total. The largest absolute Gasteiger partial charge is 0.478 e. The number of rotatable bonds is 3. The van der Waals surface area contributed by atoms with Gasteiger partial charge in [0, 0.05) is 12.7 Å². The molecule has 21 heavy (non-hydrogen) atoms. The van der Waals surface area contributed by atoms with E-state index >= 15 is 0 Å². The third-order valence-electron chi connectivity index (χ3n) is 2.94. The highest BCUT2D eigenvalue weighted by Crippen LogP contribution is 2.34. The van der Waals surface area contributed by atoms with E-state index in [9.17, 15) is 22.4 Å². The first-order chi connectivity index (χ1) is 9.86. The molecule has 0 saturated heterocycles. The summed E-state index contributed by atoms with van der Waals surface area (Å²) in [5, 5.41) is 8.96. The fraction of sp³-hybridized carbons (Fsp3) is 0.0714. The highest BCUT2D eigenvalue weighted by Gasteiger charge is 2.31. The number of carboxylic acid groups (broad SMARTS) is 1. The second-order valence-electron chi connectivity index (χ2n) is 4.18. The molecule has 110 valence electrons. The van der Waals surface area contributed by atoms with Crippen LogP contribution in [0.5, 0.6) is 0 Å². The molecule has 2 aromatic rings. The van der Waals surface area contributed by atoms with E-state index in [1.54, 1.807) is 18.2 Å². The van der Waals surface area contributed by atoms with E-state index in [1.165, 1.54) is 19.2 Å². The Morgan fingerprint density at radius 3 is 2.00 bits per heavy atom. The number of carbonyl (C=O) groups is 1. The first kappa shape index (κ1) is 14.8. The molecular formula is C14H9F4NO2. The van der Waals surface area contributed by atoms with Crippen LogP contribution in [0.3, 0.4) is 0 Å². The molecule has 3 nitrogen and oxygen atoms in total. The van der Waals surface area contributed by atoms with Gasteiger partial charge in [-0.05, 0) is 12.1 Å². The molecule has 0 aliphatic rings. The van der Waals surface area contributed by atoms with Crippen LogP contribution in [0.25, 0.3) is 0 Å². The third-order valence-corrected chi connectivity index (χ3v) is 2.94. The molecule has 0 bridgehead atoms. The first-order valence-electron chi connectivity index (χ1n) is 5.74. The summed E-state index contributed by atoms with van der Waals surface area (Å²) in [6.07, 6.45) is 0. The maximum absolute atomic E-state index is 13.9. The van der Waals surface area contributed by atoms with Crippen molar-refractivity contribution in [2.45, 2.75) is 0 Å². The number of nitrogens with zero attached hydrogens (tertiary/aromatic N) is 1. The Labute approximate surface area is 117 Å². The lowest BCUT2D eigenvalue weighted by atomic mass is 10.1. The Kier molecular flexibility index (Phi) is 3.84. The highest BCUT2D eigenvalue weighted by atomic mass is 19.2. The van der Waals surface area contributed by atoms with Crippen LogP contribution in [-0.2, 0) is 0 Å². The Balaban J connectivity index is 2.76. The van der Waals surface area contributed by atoms with Crippen molar-refractivity contribution in [2.24, 2.45) is 0 Å². The van der Waals surface area contributed by atoms with Gasteiger partial charge in [-0.1, -0.05) is 18.2 Å². The van der Waals surface area contributed by atoms with E-state index < -0.39 is 40.5 Å². The van der Waals surface area contributed by atoms with Crippen LogP contribution in [0.2, 0.25) is 0 Å². The number of aromatic carboxylic acids is 1. The lowest BCUT2D eigenvalue weighted by Crippen LogP contribution is -2.20. The first-order valence-corrected chi connectivity index (χ1v) is 5.74. The van der Waals surface area contributed by atoms with Gasteiger partial charge in [0.1, 0.15) is 5.56 Å². The molecule has 7 heteroatoms. The zero-order valence-electron chi connectivity index (χ0n) is 10.7. The number of hydrogen-bond donors (Lipinski definition) is 1. The molecule has 0 atom stereocenters. The second-order valence-corrected chi connectivity index (χ2v) is 4.18. The van der Waals surface area contributed by atoms with E-state index in [1.807, 2.05) is 0 Å². The number of para-hydroxylation sites is 1. The summed E-state index contributed by atoms with van der Waals surface area (Å²) in [6, 6.07) is 7.74. The molecule has 2 aromatic carbocycles. The maximum atomic E-state index is 13.9. The maximum Gasteiger partial charge on any atom is 0.341 e. The van der Waals surface area contributed by atoms with E-state index in [4.69, 9.17) is 5.11 Å². The van der Waals surface area contributed by atoms with E-state index in [0.29, 0.717) is 0 Å². The van der Waals surface area contributed by atoms with Gasteiger partial charge in [0.25, 0.3) is 0 Å². The van der Waals surface area contributed by atoms with Crippen molar-refractivity contribution in [3.05, 3.63) is 59.2 Å². The number of halogens is 4. The Bertz CT molecular complexity index is 704. The van der Waals surface area contributed by atoms with Gasteiger partial charge in [-0.15, -0.1) is 0 Å². The van der Waals surface area contributed by atoms with Gasteiger partial charge in [-0.25, -0.2) is 22.4 Å². The third kappa shape index (κ3) is 2.42. The number of anilines is 2. The lowest BCUT2D eigenvalue weighted by Gasteiger charge is -2.22. The normalized spacial score (nSPS) is 10.5. The van der Waals surface area contributed by atoms with E-state index in [2.05, 4.69) is 0 Å². The van der Waals surface area contributed by atoms with Crippen molar-refractivity contribution in [1.29, 1.82) is 0 Å². The molecule has 2 rings (SSSR count). The van der Waals surface area contributed by atoms with Crippen LogP contribution in [0.15, 0.2) is 30.3 Å². The standard InChI is InChI=1S/C14H9F4NO2/c1-19(7-5-3-2-4-6-7)13-8(14(20)21)9(15)10(16)11(17)12(13)18/h2-6H,1H3,(H,20,21). The molecule has 0 heterocycles. The summed E-state index contributed by atoms with van der Waals surface area (Å²) >= 11 is 0. The zero-order valence-corrected chi connectivity index (χ0v) is 10.7. The average Bonchev–Trinajstić information content (AvgIpc) is 2.48. The van der Waals surface area contributed by atoms with Crippen LogP contribution in [0, 0.1) is 23.3 Å². The predicted octanol–water partition coefficient (Wildman–Crippen LogP) is 3.71. The topological polar surface area (TPSA) is 40.5 Å². The summed E-state index contributed by atoms with van der Waals surface area (Å²) in [5.41, 5.74) is -1.87. The summed E-state index contributed by atoms with van der Waals surface area (Å²) in [7, 11) is 1.22. The minimum Gasteiger partial charge on any atom is -0.478 e. The molecule has 0 unspecified atom stereocenters. The summed E-state index contributed by atoms with van der Waals surface area (Å²) < 4.78 is 54.1. The molecule has 0 spiro atoms. The van der Waals surface area contributed by atoms with Gasteiger partial charge in [-0.2, -0.15) is 0 Å². The summed E-state index contributed by atoms with van der Waals surface area (Å²) in [4.78, 5) is 12.0. The molecule has 0 aliphatic carbocycles. The van der Waals surface area contributed by atoms with Crippen LogP contribution >= 0.6 is 0 Å². The van der Waals surface area contributed by atoms with Crippen LogP contribution in [0.4, 0.5) is 28.9 Å². The van der Waals surface area contributed by atoms with Crippen LogP contribution < -0.4 is 4.90 Å². The quantitative estimate of drug-likeness (QED) is 0.533. The minimum atomic E-state index is -2.16. The molecule has 0 aromatic heterocycles. The highest BCUT2D eigenvalue weighted by molar-refractivity contribution is 5.96. The van der Waals surface area contributed by atoms with Crippen molar-refractivity contribution in [1.82, 2.24) is 0 Å². The smallest absolute Gasteiger partial charge is 0.341 e. The van der Waals surface area contributed by atoms with Crippen LogP contribution in [-0.4, -0.2) is 18.1 Å². The number of benzene rings is 2. The monoisotopic (exact) mass is 299 g/mol. The van der Waals surface area contributed by atoms with Gasteiger partial charge in [0.2, 0.25) is 0 Å². The Hall–Kier alpha value is -2.57. The number of carboxylic acids is 1. The molecule has 0 aliphatic heterocycles. The fourth-order valence-electron chi connectivity index (χ4n) is 1.91. The molecular weight excluding hydrogens is 290 g/mol. The van der Waals surface area contributed by atoms with Crippen molar-refractivity contribution in [3.63, 3.8) is 0 Å². The lowest BCUT2D eigenvalue weighted by molar-refractivity contribution is 0.0690. The SMILES string of the molecule is CN(c1ccccc1)c1c(F)c(F)c(F)c(F)c1C(=O)O. The van der Waals surface area contributed by atoms with Crippen molar-refractivity contribution in [3.8, 4) is 0 Å². The predicted molar refractivity (Wildman–Crippen MR) is 67.7 cm³/mol. The average molecular weight is 299 g/mol.